The zero-order valence-electron chi connectivity index (χ0n) is 7.85. The van der Waals surface area contributed by atoms with Crippen molar-refractivity contribution in [2.45, 2.75) is 39.3 Å². The van der Waals surface area contributed by atoms with Crippen LogP contribution in [0, 0.1) is 5.92 Å². The molecule has 2 N–H and O–H groups in total. The molecule has 0 amide bonds. The standard InChI is InChI=1S/C9H20N2/c1-7(2)8(3)11-9-4-5-10-6-9/h7-11H,4-6H2,1-3H3. The third-order valence-corrected chi connectivity index (χ3v) is 2.56. The van der Waals surface area contributed by atoms with E-state index in [1.807, 2.05) is 0 Å². The first-order chi connectivity index (χ1) is 5.20. The fourth-order valence-electron chi connectivity index (χ4n) is 1.36. The summed E-state index contributed by atoms with van der Waals surface area (Å²) in [7, 11) is 0. The molecule has 2 nitrogen and oxygen atoms in total. The predicted molar refractivity (Wildman–Crippen MR) is 48.7 cm³/mol. The Morgan fingerprint density at radius 1 is 1.36 bits per heavy atom. The molecule has 1 rings (SSSR count). The van der Waals surface area contributed by atoms with Crippen LogP contribution >= 0.6 is 0 Å². The van der Waals surface area contributed by atoms with E-state index in [2.05, 4.69) is 31.4 Å². The van der Waals surface area contributed by atoms with Crippen LogP contribution in [-0.2, 0) is 0 Å². The number of rotatable bonds is 3. The van der Waals surface area contributed by atoms with E-state index < -0.39 is 0 Å². The second kappa shape index (κ2) is 4.07. The van der Waals surface area contributed by atoms with E-state index in [4.69, 9.17) is 0 Å². The summed E-state index contributed by atoms with van der Waals surface area (Å²) in [6, 6.07) is 1.37. The molecule has 0 spiro atoms. The molecule has 0 saturated carbocycles. The Balaban J connectivity index is 2.18. The fraction of sp³-hybridized carbons (Fsp3) is 1.00. The second-order valence-corrected chi connectivity index (χ2v) is 3.89. The maximum absolute atomic E-state index is 3.62. The quantitative estimate of drug-likeness (QED) is 0.636. The van der Waals surface area contributed by atoms with Crippen LogP contribution in [0.25, 0.3) is 0 Å². The van der Waals surface area contributed by atoms with Crippen molar-refractivity contribution >= 4 is 0 Å². The van der Waals surface area contributed by atoms with Gasteiger partial charge in [0.15, 0.2) is 0 Å². The van der Waals surface area contributed by atoms with Crippen molar-refractivity contribution in [1.29, 1.82) is 0 Å². The van der Waals surface area contributed by atoms with E-state index in [-0.39, 0.29) is 0 Å². The first-order valence-electron chi connectivity index (χ1n) is 4.67. The zero-order valence-corrected chi connectivity index (χ0v) is 7.85. The van der Waals surface area contributed by atoms with Gasteiger partial charge in [-0.3, -0.25) is 0 Å². The minimum Gasteiger partial charge on any atom is -0.315 e. The summed E-state index contributed by atoms with van der Waals surface area (Å²) in [5.74, 6) is 0.746. The molecule has 0 aliphatic carbocycles. The van der Waals surface area contributed by atoms with Gasteiger partial charge in [0.2, 0.25) is 0 Å². The Bertz CT molecular complexity index is 106. The van der Waals surface area contributed by atoms with Gasteiger partial charge in [0.05, 0.1) is 0 Å². The van der Waals surface area contributed by atoms with E-state index in [0.717, 1.165) is 12.5 Å². The molecule has 0 aromatic heterocycles. The molecule has 11 heavy (non-hydrogen) atoms. The van der Waals surface area contributed by atoms with Crippen molar-refractivity contribution in [3.8, 4) is 0 Å². The molecular weight excluding hydrogens is 136 g/mol. The van der Waals surface area contributed by atoms with Crippen LogP contribution in [-0.4, -0.2) is 25.2 Å². The van der Waals surface area contributed by atoms with Crippen molar-refractivity contribution in [3.05, 3.63) is 0 Å². The first-order valence-corrected chi connectivity index (χ1v) is 4.67. The molecular formula is C9H20N2. The monoisotopic (exact) mass is 156 g/mol. The molecule has 0 radical (unpaired) electrons. The lowest BCUT2D eigenvalue weighted by molar-refractivity contribution is 0.383. The molecule has 0 aromatic carbocycles. The van der Waals surface area contributed by atoms with Crippen LogP contribution in [0.4, 0.5) is 0 Å². The smallest absolute Gasteiger partial charge is 0.0207 e. The summed E-state index contributed by atoms with van der Waals surface area (Å²) in [6.07, 6.45) is 1.29. The van der Waals surface area contributed by atoms with Gasteiger partial charge in [-0.2, -0.15) is 0 Å². The molecule has 2 atom stereocenters. The third-order valence-electron chi connectivity index (χ3n) is 2.56. The van der Waals surface area contributed by atoms with E-state index in [9.17, 15) is 0 Å². The predicted octanol–water partition coefficient (Wildman–Crippen LogP) is 0.982. The topological polar surface area (TPSA) is 24.1 Å². The van der Waals surface area contributed by atoms with Gasteiger partial charge in [-0.15, -0.1) is 0 Å². The lowest BCUT2D eigenvalue weighted by Crippen LogP contribution is -2.40. The average Bonchev–Trinajstić information content (AvgIpc) is 2.39. The van der Waals surface area contributed by atoms with Crippen LogP contribution in [0.1, 0.15) is 27.2 Å². The van der Waals surface area contributed by atoms with Crippen molar-refractivity contribution in [2.75, 3.05) is 13.1 Å². The fourth-order valence-corrected chi connectivity index (χ4v) is 1.36. The summed E-state index contributed by atoms with van der Waals surface area (Å²) in [4.78, 5) is 0. The Morgan fingerprint density at radius 2 is 2.09 bits per heavy atom. The minimum atomic E-state index is 0.653. The molecule has 1 saturated heterocycles. The number of hydrogen-bond donors (Lipinski definition) is 2. The zero-order chi connectivity index (χ0) is 8.27. The van der Waals surface area contributed by atoms with E-state index in [0.29, 0.717) is 12.1 Å². The molecule has 1 aliphatic rings. The number of nitrogens with one attached hydrogen (secondary N) is 2. The molecule has 1 aliphatic heterocycles. The highest BCUT2D eigenvalue weighted by molar-refractivity contribution is 4.80. The van der Waals surface area contributed by atoms with Crippen LogP contribution in [0.15, 0.2) is 0 Å². The van der Waals surface area contributed by atoms with Crippen LogP contribution in [0.2, 0.25) is 0 Å². The summed E-state index contributed by atoms with van der Waals surface area (Å²) in [5.41, 5.74) is 0. The molecule has 1 fully saturated rings. The van der Waals surface area contributed by atoms with Crippen LogP contribution in [0.3, 0.4) is 0 Å². The van der Waals surface area contributed by atoms with Gasteiger partial charge in [0, 0.05) is 18.6 Å². The maximum Gasteiger partial charge on any atom is 0.0207 e. The largest absolute Gasteiger partial charge is 0.315 e. The van der Waals surface area contributed by atoms with E-state index in [1.54, 1.807) is 0 Å². The molecule has 2 heteroatoms. The molecule has 66 valence electrons. The van der Waals surface area contributed by atoms with Gasteiger partial charge in [0.1, 0.15) is 0 Å². The van der Waals surface area contributed by atoms with Gasteiger partial charge in [-0.25, -0.2) is 0 Å². The van der Waals surface area contributed by atoms with Gasteiger partial charge >= 0.3 is 0 Å². The average molecular weight is 156 g/mol. The highest BCUT2D eigenvalue weighted by Crippen LogP contribution is 2.04. The molecule has 2 unspecified atom stereocenters. The Labute approximate surface area is 69.8 Å². The Morgan fingerprint density at radius 3 is 2.55 bits per heavy atom. The summed E-state index contributed by atoms with van der Waals surface area (Å²) in [5, 5.41) is 6.97. The van der Waals surface area contributed by atoms with Crippen molar-refractivity contribution in [2.24, 2.45) is 5.92 Å². The maximum atomic E-state index is 3.62. The van der Waals surface area contributed by atoms with Gasteiger partial charge in [-0.1, -0.05) is 13.8 Å². The van der Waals surface area contributed by atoms with Gasteiger partial charge < -0.3 is 10.6 Å². The SMILES string of the molecule is CC(C)C(C)NC1CCNC1. The molecule has 0 aromatic rings. The van der Waals surface area contributed by atoms with Crippen LogP contribution in [0.5, 0.6) is 0 Å². The van der Waals surface area contributed by atoms with Crippen molar-refractivity contribution in [3.63, 3.8) is 0 Å². The lowest BCUT2D eigenvalue weighted by Gasteiger charge is -2.21. The second-order valence-electron chi connectivity index (χ2n) is 3.89. The molecule has 0 bridgehead atoms. The number of hydrogen-bond acceptors (Lipinski definition) is 2. The third kappa shape index (κ3) is 2.80. The summed E-state index contributed by atoms with van der Waals surface area (Å²) in [6.45, 7) is 9.13. The highest BCUT2D eigenvalue weighted by atomic mass is 15.0. The van der Waals surface area contributed by atoms with Crippen LogP contribution < -0.4 is 10.6 Å². The van der Waals surface area contributed by atoms with Gasteiger partial charge in [-0.05, 0) is 25.8 Å². The van der Waals surface area contributed by atoms with Crippen molar-refractivity contribution in [1.82, 2.24) is 10.6 Å². The van der Waals surface area contributed by atoms with E-state index in [1.165, 1.54) is 13.0 Å². The van der Waals surface area contributed by atoms with Gasteiger partial charge in [0.25, 0.3) is 0 Å². The lowest BCUT2D eigenvalue weighted by atomic mass is 10.1. The minimum absolute atomic E-state index is 0.653. The van der Waals surface area contributed by atoms with Crippen molar-refractivity contribution < 1.29 is 0 Å². The Kier molecular flexibility index (Phi) is 3.34. The first kappa shape index (κ1) is 9.01. The summed E-state index contributed by atoms with van der Waals surface area (Å²) < 4.78 is 0. The van der Waals surface area contributed by atoms with E-state index >= 15 is 0 Å². The normalized spacial score (nSPS) is 27.8. The summed E-state index contributed by atoms with van der Waals surface area (Å²) >= 11 is 0. The molecule has 1 heterocycles. The Hall–Kier alpha value is -0.0800. The highest BCUT2D eigenvalue weighted by Gasteiger charge is 2.17.